The van der Waals surface area contributed by atoms with E-state index < -0.39 is 21.7 Å². The van der Waals surface area contributed by atoms with Crippen molar-refractivity contribution in [1.29, 1.82) is 0 Å². The van der Waals surface area contributed by atoms with E-state index in [0.29, 0.717) is 48.4 Å². The number of hydrogen-bond acceptors (Lipinski definition) is 8. The van der Waals surface area contributed by atoms with Crippen molar-refractivity contribution in [2.45, 2.75) is 62.9 Å². The minimum atomic E-state index is -3.43. The lowest BCUT2D eigenvalue weighted by molar-refractivity contribution is -0.119. The van der Waals surface area contributed by atoms with Gasteiger partial charge in [0.1, 0.15) is 21.5 Å². The number of allylic oxidation sites excluding steroid dienone is 1. The van der Waals surface area contributed by atoms with Crippen LogP contribution >= 0.6 is 11.6 Å². The highest BCUT2D eigenvalue weighted by Crippen LogP contribution is 2.81. The smallest absolute Gasteiger partial charge is 0.286 e. The third-order valence-electron chi connectivity index (χ3n) is 11.4. The molecule has 6 atom stereocenters. The number of aromatic nitrogens is 2. The van der Waals surface area contributed by atoms with Crippen molar-refractivity contribution in [2.24, 2.45) is 21.6 Å². The van der Waals surface area contributed by atoms with Gasteiger partial charge in [-0.1, -0.05) is 29.8 Å². The Morgan fingerprint density at radius 2 is 2.02 bits per heavy atom. The van der Waals surface area contributed by atoms with Gasteiger partial charge in [-0.05, 0) is 103 Å². The molecule has 2 saturated carbocycles. The molecule has 50 heavy (non-hydrogen) atoms. The number of carbonyl (C=O) groups is 2. The van der Waals surface area contributed by atoms with Crippen LogP contribution in [0.2, 0.25) is 5.02 Å². The summed E-state index contributed by atoms with van der Waals surface area (Å²) in [5.41, 5.74) is 3.60. The predicted octanol–water partition coefficient (Wildman–Crippen LogP) is 5.88. The fourth-order valence-corrected chi connectivity index (χ4v) is 10.5. The van der Waals surface area contributed by atoms with Crippen LogP contribution in [0, 0.1) is 17.3 Å². The van der Waals surface area contributed by atoms with Crippen LogP contribution in [0.4, 0.5) is 5.69 Å². The van der Waals surface area contributed by atoms with Gasteiger partial charge < -0.3 is 14.4 Å². The SMILES string of the molecule is CO[C@H]1/C=C/CCC[S@@](=O)(NC(=O)CCc2ncccn2)=NC(=O)c2ccc3c(c2)N(C[C@@]2(CCCc4cc(Cl)ccc42)CO3)C[C@@]23CC2[C@@H]13. The molecule has 0 saturated heterocycles. The Morgan fingerprint density at radius 3 is 2.84 bits per heavy atom. The Labute approximate surface area is 298 Å². The first-order valence-corrected chi connectivity index (χ1v) is 19.6. The maximum Gasteiger partial charge on any atom is 0.286 e. The van der Waals surface area contributed by atoms with Crippen molar-refractivity contribution >= 4 is 39.0 Å². The summed E-state index contributed by atoms with van der Waals surface area (Å²) in [4.78, 5) is 37.7. The highest BCUT2D eigenvalue weighted by Gasteiger charge is 2.80. The summed E-state index contributed by atoms with van der Waals surface area (Å²) in [5, 5.41) is 0.743. The standard InChI is InChI=1S/C38H42ClN5O5S/c1-48-32-8-3-2-4-18-50(47,42-34(45)14-13-33-40-16-6-17-41-33)43-36(46)26-9-12-31-30(20-26)44(23-38-21-29(38)35(32)38)22-37(24-49-31)15-5-7-25-19-27(39)10-11-28(25)37/h3,6,8-12,16-17,19-20,29,32,35H,2,4-5,7,13-15,18,21-24H2,1H3,(H,42,43,45,46,47)/b8-3+/t29?,32-,35-,37-,38-,50+/m0/s1. The summed E-state index contributed by atoms with van der Waals surface area (Å²) in [6, 6.07) is 13.3. The summed E-state index contributed by atoms with van der Waals surface area (Å²) >= 11 is 6.45. The molecule has 10 nitrogen and oxygen atoms in total. The summed E-state index contributed by atoms with van der Waals surface area (Å²) in [6.07, 6.45) is 13.0. The monoisotopic (exact) mass is 715 g/mol. The van der Waals surface area contributed by atoms with E-state index in [2.05, 4.69) is 48.2 Å². The van der Waals surface area contributed by atoms with Crippen LogP contribution in [0.1, 0.15) is 65.8 Å². The molecule has 262 valence electrons. The van der Waals surface area contributed by atoms with Crippen LogP contribution < -0.4 is 14.4 Å². The molecule has 5 aliphatic rings. The predicted molar refractivity (Wildman–Crippen MR) is 192 cm³/mol. The molecule has 3 aromatic rings. The van der Waals surface area contributed by atoms with Crippen molar-refractivity contribution in [3.63, 3.8) is 0 Å². The molecule has 1 N–H and O–H groups in total. The highest BCUT2D eigenvalue weighted by atomic mass is 35.5. The second kappa shape index (κ2) is 13.1. The van der Waals surface area contributed by atoms with Crippen molar-refractivity contribution in [3.8, 4) is 5.75 Å². The van der Waals surface area contributed by atoms with Gasteiger partial charge in [-0.3, -0.25) is 14.3 Å². The zero-order valence-electron chi connectivity index (χ0n) is 28.2. The molecule has 2 fully saturated rings. The van der Waals surface area contributed by atoms with Crippen molar-refractivity contribution in [1.82, 2.24) is 14.7 Å². The van der Waals surface area contributed by atoms with Gasteiger partial charge >= 0.3 is 0 Å². The zero-order valence-corrected chi connectivity index (χ0v) is 29.8. The number of amides is 2. The molecule has 0 radical (unpaired) electrons. The molecule has 1 unspecified atom stereocenters. The second-order valence-electron chi connectivity index (χ2n) is 14.5. The van der Waals surface area contributed by atoms with Gasteiger partial charge in [0.25, 0.3) is 5.91 Å². The zero-order chi connectivity index (χ0) is 34.5. The number of benzene rings is 2. The molecular formula is C38H42ClN5O5S. The van der Waals surface area contributed by atoms with E-state index in [9.17, 15) is 13.8 Å². The third kappa shape index (κ3) is 6.32. The van der Waals surface area contributed by atoms with Crippen LogP contribution in [-0.4, -0.2) is 64.7 Å². The first-order chi connectivity index (χ1) is 24.2. The molecule has 2 spiro atoms. The van der Waals surface area contributed by atoms with Gasteiger partial charge in [0.15, 0.2) is 0 Å². The summed E-state index contributed by atoms with van der Waals surface area (Å²) < 4.78 is 33.7. The number of anilines is 1. The topological polar surface area (TPSA) is 123 Å². The summed E-state index contributed by atoms with van der Waals surface area (Å²) in [7, 11) is -1.66. The number of carbonyl (C=O) groups excluding carboxylic acids is 2. The average molecular weight is 716 g/mol. The Balaban J connectivity index is 1.15. The largest absolute Gasteiger partial charge is 0.490 e. The van der Waals surface area contributed by atoms with Crippen LogP contribution in [0.25, 0.3) is 0 Å². The molecule has 2 bridgehead atoms. The van der Waals surface area contributed by atoms with Gasteiger partial charge in [-0.2, -0.15) is 0 Å². The number of ether oxygens (including phenoxy) is 2. The van der Waals surface area contributed by atoms with Crippen molar-refractivity contribution < 1.29 is 23.3 Å². The van der Waals surface area contributed by atoms with Crippen LogP contribution in [0.3, 0.4) is 0 Å². The van der Waals surface area contributed by atoms with E-state index in [1.807, 2.05) is 18.2 Å². The van der Waals surface area contributed by atoms with Crippen LogP contribution in [-0.2, 0) is 37.7 Å². The molecule has 12 heteroatoms. The third-order valence-corrected chi connectivity index (χ3v) is 13.5. The van der Waals surface area contributed by atoms with E-state index in [1.54, 1.807) is 31.6 Å². The van der Waals surface area contributed by atoms with E-state index in [4.69, 9.17) is 21.1 Å². The van der Waals surface area contributed by atoms with E-state index in [-0.39, 0.29) is 35.5 Å². The number of rotatable bonds is 5. The lowest BCUT2D eigenvalue weighted by Gasteiger charge is -2.41. The maximum absolute atomic E-state index is 14.2. The average Bonchev–Trinajstić information content (AvgIpc) is 3.99. The van der Waals surface area contributed by atoms with Gasteiger partial charge in [0.05, 0.1) is 24.2 Å². The molecule has 3 heterocycles. The number of nitrogens with zero attached hydrogens (tertiary/aromatic N) is 4. The lowest BCUT2D eigenvalue weighted by Crippen LogP contribution is -2.47. The van der Waals surface area contributed by atoms with Gasteiger partial charge in [0, 0.05) is 61.4 Å². The van der Waals surface area contributed by atoms with Crippen molar-refractivity contribution in [2.75, 3.05) is 37.5 Å². The highest BCUT2D eigenvalue weighted by molar-refractivity contribution is 7.92. The van der Waals surface area contributed by atoms with E-state index in [1.165, 1.54) is 11.1 Å². The molecule has 8 rings (SSSR count). The fourth-order valence-electron chi connectivity index (χ4n) is 8.68. The summed E-state index contributed by atoms with van der Waals surface area (Å²) in [6.45, 7) is 2.07. The first kappa shape index (κ1) is 33.3. The minimum Gasteiger partial charge on any atom is -0.490 e. The molecule has 2 aliphatic heterocycles. The Kier molecular flexibility index (Phi) is 8.72. The fraction of sp³-hybridized carbons (Fsp3) is 0.474. The number of halogens is 1. The van der Waals surface area contributed by atoms with Gasteiger partial charge in [-0.25, -0.2) is 14.2 Å². The number of aryl methyl sites for hydroxylation is 2. The maximum atomic E-state index is 14.2. The Hall–Kier alpha value is -3.80. The van der Waals surface area contributed by atoms with Gasteiger partial charge in [0.2, 0.25) is 5.91 Å². The number of hydrogen-bond donors (Lipinski definition) is 1. The molecule has 1 aromatic heterocycles. The number of methoxy groups -OCH3 is 1. The number of nitrogens with one attached hydrogen (secondary N) is 1. The summed E-state index contributed by atoms with van der Waals surface area (Å²) in [5.74, 6) is 1.16. The number of fused-ring (bicyclic) bond motifs is 4. The van der Waals surface area contributed by atoms with Crippen LogP contribution in [0.15, 0.2) is 71.4 Å². The lowest BCUT2D eigenvalue weighted by atomic mass is 9.70. The van der Waals surface area contributed by atoms with E-state index >= 15 is 0 Å². The molecule has 2 amide bonds. The van der Waals surface area contributed by atoms with Gasteiger partial charge in [-0.15, -0.1) is 4.36 Å². The molecule has 3 aliphatic carbocycles. The van der Waals surface area contributed by atoms with Crippen molar-refractivity contribution in [3.05, 3.63) is 94.5 Å². The quantitative estimate of drug-likeness (QED) is 0.325. The first-order valence-electron chi connectivity index (χ1n) is 17.6. The van der Waals surface area contributed by atoms with Crippen LogP contribution in [0.5, 0.6) is 5.75 Å². The normalized spacial score (nSPS) is 31.9. The molecule has 2 aromatic carbocycles. The Morgan fingerprint density at radius 1 is 1.16 bits per heavy atom. The Bertz CT molecular complexity index is 1980. The second-order valence-corrected chi connectivity index (χ2v) is 17.0. The molecular weight excluding hydrogens is 674 g/mol. The van der Waals surface area contributed by atoms with E-state index in [0.717, 1.165) is 49.5 Å². The minimum absolute atomic E-state index is 0.0160.